The third kappa shape index (κ3) is 2.68. The number of hydrogen-bond acceptors (Lipinski definition) is 1. The van der Waals surface area contributed by atoms with Gasteiger partial charge in [-0.15, -0.1) is 11.6 Å². The van der Waals surface area contributed by atoms with E-state index in [9.17, 15) is 0 Å². The Morgan fingerprint density at radius 2 is 1.90 bits per heavy atom. The number of hydrogen-bond donors (Lipinski definition) is 0. The largest absolute Gasteiger partial charge is 0.293 e. The van der Waals surface area contributed by atoms with Gasteiger partial charge in [-0.05, 0) is 37.3 Å². The minimum absolute atomic E-state index is 0.275. The van der Waals surface area contributed by atoms with E-state index >= 15 is 0 Å². The van der Waals surface area contributed by atoms with E-state index in [0.717, 1.165) is 21.2 Å². The van der Waals surface area contributed by atoms with Crippen LogP contribution in [0.2, 0.25) is 10.0 Å². The molecule has 108 valence electrons. The second-order valence-electron chi connectivity index (χ2n) is 4.62. The van der Waals surface area contributed by atoms with E-state index < -0.39 is 0 Å². The highest BCUT2D eigenvalue weighted by Gasteiger charge is 2.19. The van der Waals surface area contributed by atoms with E-state index in [1.54, 1.807) is 0 Å². The summed E-state index contributed by atoms with van der Waals surface area (Å²) in [5.74, 6) is 0.708. The van der Waals surface area contributed by atoms with Gasteiger partial charge in [0.05, 0.1) is 26.6 Å². The maximum absolute atomic E-state index is 6.36. The Bertz CT molecular complexity index is 827. The molecule has 0 aliphatic heterocycles. The van der Waals surface area contributed by atoms with Crippen molar-refractivity contribution in [3.63, 3.8) is 0 Å². The maximum Gasteiger partial charge on any atom is 0.132 e. The first-order valence-corrected chi connectivity index (χ1v) is 8.24. The maximum atomic E-state index is 6.36. The summed E-state index contributed by atoms with van der Waals surface area (Å²) < 4.78 is 2.88. The van der Waals surface area contributed by atoms with Crippen LogP contribution in [-0.4, -0.2) is 9.55 Å². The second kappa shape index (κ2) is 5.81. The number of para-hydroxylation sites is 1. The van der Waals surface area contributed by atoms with Gasteiger partial charge in [0.25, 0.3) is 0 Å². The number of halogens is 4. The highest BCUT2D eigenvalue weighted by molar-refractivity contribution is 9.10. The quantitative estimate of drug-likeness (QED) is 0.452. The van der Waals surface area contributed by atoms with Gasteiger partial charge in [0.1, 0.15) is 11.3 Å². The second-order valence-corrected chi connectivity index (χ2v) is 7.01. The topological polar surface area (TPSA) is 17.8 Å². The minimum atomic E-state index is -0.275. The molecule has 0 spiro atoms. The standard InChI is InChI=1S/C15H10BrCl3N2/c1-8(17)15-20-14-11(19)3-2-4-12(14)21(15)13-7-9(16)5-6-10(13)18/h2-8H,1H3. The van der Waals surface area contributed by atoms with Gasteiger partial charge in [0.2, 0.25) is 0 Å². The van der Waals surface area contributed by atoms with Crippen molar-refractivity contribution in [2.75, 3.05) is 0 Å². The van der Waals surface area contributed by atoms with Crippen LogP contribution in [0.3, 0.4) is 0 Å². The lowest BCUT2D eigenvalue weighted by Gasteiger charge is -2.12. The van der Waals surface area contributed by atoms with E-state index in [0.29, 0.717) is 15.9 Å². The molecular formula is C15H10BrCl3N2. The van der Waals surface area contributed by atoms with E-state index in [1.165, 1.54) is 0 Å². The number of alkyl halides is 1. The van der Waals surface area contributed by atoms with Crippen molar-refractivity contribution in [1.29, 1.82) is 0 Å². The fraction of sp³-hybridized carbons (Fsp3) is 0.133. The van der Waals surface area contributed by atoms with Crippen molar-refractivity contribution in [3.8, 4) is 5.69 Å². The van der Waals surface area contributed by atoms with E-state index in [-0.39, 0.29) is 5.38 Å². The van der Waals surface area contributed by atoms with Crippen LogP contribution in [0, 0.1) is 0 Å². The summed E-state index contributed by atoms with van der Waals surface area (Å²) in [4.78, 5) is 4.58. The molecule has 0 N–H and O–H groups in total. The van der Waals surface area contributed by atoms with Gasteiger partial charge in [-0.25, -0.2) is 4.98 Å². The van der Waals surface area contributed by atoms with E-state index in [2.05, 4.69) is 20.9 Å². The number of nitrogens with zero attached hydrogens (tertiary/aromatic N) is 2. The molecule has 21 heavy (non-hydrogen) atoms. The lowest BCUT2D eigenvalue weighted by atomic mass is 10.2. The first-order chi connectivity index (χ1) is 9.99. The molecule has 1 unspecified atom stereocenters. The molecule has 3 aromatic rings. The van der Waals surface area contributed by atoms with Crippen LogP contribution in [0.4, 0.5) is 0 Å². The summed E-state index contributed by atoms with van der Waals surface area (Å²) in [5, 5.41) is 0.940. The van der Waals surface area contributed by atoms with Crippen LogP contribution in [0.25, 0.3) is 16.7 Å². The summed E-state index contributed by atoms with van der Waals surface area (Å²) in [6.07, 6.45) is 0. The monoisotopic (exact) mass is 402 g/mol. The fourth-order valence-electron chi connectivity index (χ4n) is 2.26. The van der Waals surface area contributed by atoms with Gasteiger partial charge in [-0.3, -0.25) is 4.57 Å². The lowest BCUT2D eigenvalue weighted by Crippen LogP contribution is -2.02. The van der Waals surface area contributed by atoms with Crippen molar-refractivity contribution in [3.05, 3.63) is 56.7 Å². The molecule has 0 saturated heterocycles. The van der Waals surface area contributed by atoms with E-state index in [1.807, 2.05) is 47.9 Å². The highest BCUT2D eigenvalue weighted by atomic mass is 79.9. The predicted molar refractivity (Wildman–Crippen MR) is 93.1 cm³/mol. The first-order valence-electron chi connectivity index (χ1n) is 6.25. The summed E-state index contributed by atoms with van der Waals surface area (Å²) >= 11 is 22.4. The Morgan fingerprint density at radius 3 is 2.62 bits per heavy atom. The third-order valence-electron chi connectivity index (χ3n) is 3.17. The molecule has 3 rings (SSSR count). The Balaban J connectivity index is 2.42. The number of aromatic nitrogens is 2. The zero-order valence-electron chi connectivity index (χ0n) is 10.9. The van der Waals surface area contributed by atoms with Crippen LogP contribution < -0.4 is 0 Å². The molecule has 0 amide bonds. The Kier molecular flexibility index (Phi) is 4.19. The molecule has 0 aliphatic rings. The van der Waals surface area contributed by atoms with Crippen LogP contribution in [0.5, 0.6) is 0 Å². The van der Waals surface area contributed by atoms with Crippen LogP contribution >= 0.6 is 50.7 Å². The summed E-state index contributed by atoms with van der Waals surface area (Å²) in [6, 6.07) is 11.3. The van der Waals surface area contributed by atoms with Crippen LogP contribution in [0.15, 0.2) is 40.9 Å². The highest BCUT2D eigenvalue weighted by Crippen LogP contribution is 2.34. The van der Waals surface area contributed by atoms with Crippen molar-refractivity contribution in [2.45, 2.75) is 12.3 Å². The number of fused-ring (bicyclic) bond motifs is 1. The molecule has 1 heterocycles. The van der Waals surface area contributed by atoms with Crippen molar-refractivity contribution in [2.24, 2.45) is 0 Å². The molecule has 0 aliphatic carbocycles. The molecule has 1 atom stereocenters. The number of rotatable bonds is 2. The third-order valence-corrected chi connectivity index (χ3v) is 4.48. The van der Waals surface area contributed by atoms with Gasteiger partial charge in [0.15, 0.2) is 0 Å². The summed E-state index contributed by atoms with van der Waals surface area (Å²) in [6.45, 7) is 1.87. The molecule has 0 fully saturated rings. The van der Waals surface area contributed by atoms with Gasteiger partial charge in [-0.1, -0.05) is 45.2 Å². The zero-order chi connectivity index (χ0) is 15.1. The molecule has 6 heteroatoms. The number of imidazole rings is 1. The molecule has 2 nitrogen and oxygen atoms in total. The van der Waals surface area contributed by atoms with Crippen LogP contribution in [-0.2, 0) is 0 Å². The minimum Gasteiger partial charge on any atom is -0.293 e. The van der Waals surface area contributed by atoms with Crippen molar-refractivity contribution < 1.29 is 0 Å². The average molecular weight is 405 g/mol. The SMILES string of the molecule is CC(Cl)c1nc2c(Cl)cccc2n1-c1cc(Br)ccc1Cl. The first kappa shape index (κ1) is 15.2. The smallest absolute Gasteiger partial charge is 0.132 e. The van der Waals surface area contributed by atoms with Crippen molar-refractivity contribution in [1.82, 2.24) is 9.55 Å². The molecule has 1 aromatic heterocycles. The predicted octanol–water partition coefficient (Wildman–Crippen LogP) is 6.39. The van der Waals surface area contributed by atoms with Gasteiger partial charge in [-0.2, -0.15) is 0 Å². The molecule has 0 bridgehead atoms. The van der Waals surface area contributed by atoms with Crippen molar-refractivity contribution >= 4 is 61.8 Å². The normalized spacial score (nSPS) is 12.8. The summed E-state index contributed by atoms with van der Waals surface area (Å²) in [7, 11) is 0. The molecule has 2 aromatic carbocycles. The average Bonchev–Trinajstić information content (AvgIpc) is 2.82. The Labute approximate surface area is 145 Å². The Morgan fingerprint density at radius 1 is 1.14 bits per heavy atom. The lowest BCUT2D eigenvalue weighted by molar-refractivity contribution is 0.882. The summed E-state index contributed by atoms with van der Waals surface area (Å²) in [5.41, 5.74) is 2.42. The van der Waals surface area contributed by atoms with Gasteiger partial charge < -0.3 is 0 Å². The molecule has 0 radical (unpaired) electrons. The van der Waals surface area contributed by atoms with Gasteiger partial charge >= 0.3 is 0 Å². The van der Waals surface area contributed by atoms with Gasteiger partial charge in [0, 0.05) is 4.47 Å². The van der Waals surface area contributed by atoms with E-state index in [4.69, 9.17) is 34.8 Å². The van der Waals surface area contributed by atoms with Crippen LogP contribution in [0.1, 0.15) is 18.1 Å². The molecular weight excluding hydrogens is 394 g/mol. The fourth-order valence-corrected chi connectivity index (χ4v) is 3.17. The number of benzene rings is 2. The molecule has 0 saturated carbocycles. The zero-order valence-corrected chi connectivity index (χ0v) is 14.8. The Hall–Kier alpha value is -0.740.